The minimum atomic E-state index is -0.860. The van der Waals surface area contributed by atoms with Gasteiger partial charge in [-0.05, 0) is 47.2 Å². The SMILES string of the molecule is Cc1ccc(C(C)(C)C)cc1-c1ccc(C(=O)O)s1. The van der Waals surface area contributed by atoms with Gasteiger partial charge in [0.15, 0.2) is 0 Å². The Morgan fingerprint density at radius 3 is 2.37 bits per heavy atom. The molecule has 0 saturated carbocycles. The minimum Gasteiger partial charge on any atom is -0.477 e. The molecule has 100 valence electrons. The molecule has 0 saturated heterocycles. The summed E-state index contributed by atoms with van der Waals surface area (Å²) in [7, 11) is 0. The molecule has 2 nitrogen and oxygen atoms in total. The van der Waals surface area contributed by atoms with E-state index in [0.717, 1.165) is 10.4 Å². The van der Waals surface area contributed by atoms with Crippen molar-refractivity contribution >= 4 is 17.3 Å². The van der Waals surface area contributed by atoms with Crippen molar-refractivity contribution in [3.8, 4) is 10.4 Å². The van der Waals surface area contributed by atoms with Crippen LogP contribution in [0.15, 0.2) is 30.3 Å². The maximum atomic E-state index is 11.0. The maximum absolute atomic E-state index is 11.0. The molecule has 0 aliphatic heterocycles. The molecule has 2 rings (SSSR count). The zero-order valence-corrected chi connectivity index (χ0v) is 12.5. The number of rotatable bonds is 2. The number of benzene rings is 1. The summed E-state index contributed by atoms with van der Waals surface area (Å²) in [6, 6.07) is 9.99. The summed E-state index contributed by atoms with van der Waals surface area (Å²) in [6.07, 6.45) is 0. The first-order valence-corrected chi connectivity index (χ1v) is 7.05. The van der Waals surface area contributed by atoms with E-state index < -0.39 is 5.97 Å². The van der Waals surface area contributed by atoms with Crippen molar-refractivity contribution in [1.82, 2.24) is 0 Å². The molecule has 0 spiro atoms. The van der Waals surface area contributed by atoms with Gasteiger partial charge in [-0.2, -0.15) is 0 Å². The average molecular weight is 274 g/mol. The van der Waals surface area contributed by atoms with Gasteiger partial charge >= 0.3 is 5.97 Å². The van der Waals surface area contributed by atoms with E-state index in [0.29, 0.717) is 4.88 Å². The third-order valence-corrected chi connectivity index (χ3v) is 4.29. The summed E-state index contributed by atoms with van der Waals surface area (Å²) < 4.78 is 0. The van der Waals surface area contributed by atoms with Gasteiger partial charge in [-0.15, -0.1) is 11.3 Å². The first-order chi connectivity index (χ1) is 8.79. The minimum absolute atomic E-state index is 0.0926. The lowest BCUT2D eigenvalue weighted by Gasteiger charge is -2.20. The van der Waals surface area contributed by atoms with Crippen molar-refractivity contribution in [1.29, 1.82) is 0 Å². The fourth-order valence-corrected chi connectivity index (χ4v) is 2.88. The number of aryl methyl sites for hydroxylation is 1. The van der Waals surface area contributed by atoms with Gasteiger partial charge < -0.3 is 5.11 Å². The monoisotopic (exact) mass is 274 g/mol. The van der Waals surface area contributed by atoms with Crippen molar-refractivity contribution < 1.29 is 9.90 Å². The maximum Gasteiger partial charge on any atom is 0.345 e. The van der Waals surface area contributed by atoms with Crippen LogP contribution >= 0.6 is 11.3 Å². The Morgan fingerprint density at radius 1 is 1.16 bits per heavy atom. The average Bonchev–Trinajstić information content (AvgIpc) is 2.77. The predicted octanol–water partition coefficient (Wildman–Crippen LogP) is 4.72. The molecule has 0 amide bonds. The summed E-state index contributed by atoms with van der Waals surface area (Å²) in [5.41, 5.74) is 3.66. The Bertz CT molecular complexity index is 618. The van der Waals surface area contributed by atoms with Gasteiger partial charge in [0.05, 0.1) is 0 Å². The Labute approximate surface area is 117 Å². The number of thiophene rings is 1. The number of hydrogen-bond acceptors (Lipinski definition) is 2. The molecule has 1 heterocycles. The normalized spacial score (nSPS) is 11.6. The van der Waals surface area contributed by atoms with Gasteiger partial charge in [0.2, 0.25) is 0 Å². The van der Waals surface area contributed by atoms with E-state index in [-0.39, 0.29) is 5.41 Å². The van der Waals surface area contributed by atoms with Crippen LogP contribution in [0.1, 0.15) is 41.6 Å². The molecule has 0 radical (unpaired) electrons. The van der Waals surface area contributed by atoms with E-state index in [1.54, 1.807) is 6.07 Å². The number of carboxylic acids is 1. The van der Waals surface area contributed by atoms with E-state index in [9.17, 15) is 4.79 Å². The molecule has 1 aromatic heterocycles. The molecule has 0 aliphatic carbocycles. The lowest BCUT2D eigenvalue weighted by atomic mass is 9.85. The number of aromatic carboxylic acids is 1. The van der Waals surface area contributed by atoms with Crippen LogP contribution in [0.2, 0.25) is 0 Å². The molecule has 1 N–H and O–H groups in total. The summed E-state index contributed by atoms with van der Waals surface area (Å²) in [5, 5.41) is 9.01. The molecule has 0 aliphatic rings. The fraction of sp³-hybridized carbons (Fsp3) is 0.312. The topological polar surface area (TPSA) is 37.3 Å². The lowest BCUT2D eigenvalue weighted by Crippen LogP contribution is -2.11. The molecule has 0 bridgehead atoms. The van der Waals surface area contributed by atoms with Crippen molar-refractivity contribution in [2.75, 3.05) is 0 Å². The largest absolute Gasteiger partial charge is 0.477 e. The van der Waals surface area contributed by atoms with Crippen LogP contribution in [-0.4, -0.2) is 11.1 Å². The third kappa shape index (κ3) is 2.87. The Hall–Kier alpha value is -1.61. The molecule has 1 aromatic carbocycles. The standard InChI is InChI=1S/C16H18O2S/c1-10-5-6-11(16(2,3)4)9-12(10)13-7-8-14(19-13)15(17)18/h5-9H,1-4H3,(H,17,18). The molecule has 0 atom stereocenters. The Balaban J connectivity index is 2.51. The number of hydrogen-bond donors (Lipinski definition) is 1. The third-order valence-electron chi connectivity index (χ3n) is 3.19. The van der Waals surface area contributed by atoms with Gasteiger partial charge in [-0.1, -0.05) is 32.9 Å². The number of carbonyl (C=O) groups is 1. The zero-order chi connectivity index (χ0) is 14.2. The molecule has 19 heavy (non-hydrogen) atoms. The first kappa shape index (κ1) is 13.8. The van der Waals surface area contributed by atoms with Gasteiger partial charge in [-0.3, -0.25) is 0 Å². The molecular weight excluding hydrogens is 256 g/mol. The van der Waals surface area contributed by atoms with Crippen LogP contribution in [0.25, 0.3) is 10.4 Å². The number of carboxylic acid groups (broad SMARTS) is 1. The second-order valence-corrected chi connectivity index (χ2v) is 6.83. The van der Waals surface area contributed by atoms with Crippen LogP contribution in [0.4, 0.5) is 0 Å². The summed E-state index contributed by atoms with van der Waals surface area (Å²) in [6.45, 7) is 8.59. The lowest BCUT2D eigenvalue weighted by molar-refractivity contribution is 0.0702. The predicted molar refractivity (Wildman–Crippen MR) is 80.2 cm³/mol. The summed E-state index contributed by atoms with van der Waals surface area (Å²) >= 11 is 1.33. The van der Waals surface area contributed by atoms with Crippen LogP contribution in [0.3, 0.4) is 0 Å². The second-order valence-electron chi connectivity index (χ2n) is 5.75. The molecule has 0 unspecified atom stereocenters. The van der Waals surface area contributed by atoms with Crippen molar-refractivity contribution in [2.45, 2.75) is 33.1 Å². The molecule has 0 fully saturated rings. The highest BCUT2D eigenvalue weighted by Crippen LogP contribution is 2.34. The smallest absolute Gasteiger partial charge is 0.345 e. The highest BCUT2D eigenvalue weighted by Gasteiger charge is 2.16. The van der Waals surface area contributed by atoms with E-state index >= 15 is 0 Å². The van der Waals surface area contributed by atoms with Crippen LogP contribution in [0.5, 0.6) is 0 Å². The zero-order valence-electron chi connectivity index (χ0n) is 11.7. The van der Waals surface area contributed by atoms with Gasteiger partial charge in [0.25, 0.3) is 0 Å². The quantitative estimate of drug-likeness (QED) is 0.860. The Kier molecular flexibility index (Phi) is 3.50. The molecule has 2 aromatic rings. The van der Waals surface area contributed by atoms with Crippen LogP contribution < -0.4 is 0 Å². The summed E-state index contributed by atoms with van der Waals surface area (Å²) in [5.74, 6) is -0.860. The van der Waals surface area contributed by atoms with Crippen LogP contribution in [-0.2, 0) is 5.41 Å². The highest BCUT2D eigenvalue weighted by atomic mass is 32.1. The van der Waals surface area contributed by atoms with E-state index in [1.165, 1.54) is 22.5 Å². The fourth-order valence-electron chi connectivity index (χ4n) is 1.95. The highest BCUT2D eigenvalue weighted by molar-refractivity contribution is 7.17. The Morgan fingerprint density at radius 2 is 1.84 bits per heavy atom. The first-order valence-electron chi connectivity index (χ1n) is 6.23. The van der Waals surface area contributed by atoms with Crippen molar-refractivity contribution in [3.63, 3.8) is 0 Å². The van der Waals surface area contributed by atoms with Crippen molar-refractivity contribution in [2.24, 2.45) is 0 Å². The van der Waals surface area contributed by atoms with E-state index in [2.05, 4.69) is 45.9 Å². The van der Waals surface area contributed by atoms with Crippen LogP contribution in [0, 0.1) is 6.92 Å². The van der Waals surface area contributed by atoms with Gasteiger partial charge in [0.1, 0.15) is 4.88 Å². The van der Waals surface area contributed by atoms with Crippen molar-refractivity contribution in [3.05, 3.63) is 46.3 Å². The van der Waals surface area contributed by atoms with E-state index in [4.69, 9.17) is 5.11 Å². The van der Waals surface area contributed by atoms with Gasteiger partial charge in [-0.25, -0.2) is 4.79 Å². The molecular formula is C16H18O2S. The molecule has 3 heteroatoms. The summed E-state index contributed by atoms with van der Waals surface area (Å²) in [4.78, 5) is 12.4. The van der Waals surface area contributed by atoms with Gasteiger partial charge in [0, 0.05) is 4.88 Å². The van der Waals surface area contributed by atoms with E-state index in [1.807, 2.05) is 6.07 Å². The second kappa shape index (κ2) is 4.82.